The van der Waals surface area contributed by atoms with Gasteiger partial charge in [-0.15, -0.1) is 0 Å². The molecule has 0 bridgehead atoms. The van der Waals surface area contributed by atoms with E-state index in [1.165, 1.54) is 0 Å². The summed E-state index contributed by atoms with van der Waals surface area (Å²) in [5.41, 5.74) is -1.74. The van der Waals surface area contributed by atoms with Crippen LogP contribution in [0, 0.1) is 0 Å². The van der Waals surface area contributed by atoms with Crippen molar-refractivity contribution in [2.75, 3.05) is 6.61 Å². The Balaban J connectivity index is 1.65. The van der Waals surface area contributed by atoms with Gasteiger partial charge in [0.15, 0.2) is 6.23 Å². The zero-order valence-corrected chi connectivity index (χ0v) is 21.1. The number of aromatic nitrogens is 2. The van der Waals surface area contributed by atoms with E-state index in [1.54, 1.807) is 0 Å². The molecular weight excluding hydrogens is 564 g/mol. The van der Waals surface area contributed by atoms with Crippen LogP contribution >= 0.6 is 15.6 Å². The number of carbonyl (C=O) groups is 1. The second-order valence-corrected chi connectivity index (χ2v) is 11.1. The van der Waals surface area contributed by atoms with Gasteiger partial charge in [0.25, 0.3) is 5.56 Å². The molecule has 0 aliphatic carbocycles. The highest BCUT2D eigenvalue weighted by Gasteiger charge is 2.49. The van der Waals surface area contributed by atoms with E-state index in [0.29, 0.717) is 0 Å². The summed E-state index contributed by atoms with van der Waals surface area (Å²) in [5.74, 6) is -1.29. The van der Waals surface area contributed by atoms with E-state index in [0.717, 1.165) is 23.8 Å². The third-order valence-electron chi connectivity index (χ3n) is 5.26. The molecule has 8 N–H and O–H groups in total. The van der Waals surface area contributed by atoms with Gasteiger partial charge in [0, 0.05) is 19.2 Å². The summed E-state index contributed by atoms with van der Waals surface area (Å²) in [6.07, 6.45) is -11.3. The lowest BCUT2D eigenvalue weighted by atomic mass is 10.0. The number of hydrogen-bond acceptors (Lipinski definition) is 14. The van der Waals surface area contributed by atoms with E-state index in [4.69, 9.17) is 9.47 Å². The highest BCUT2D eigenvalue weighted by atomic mass is 31.3. The summed E-state index contributed by atoms with van der Waals surface area (Å²) in [7, 11) is -11.1. The molecule has 21 heteroatoms. The van der Waals surface area contributed by atoms with Crippen molar-refractivity contribution in [1.29, 1.82) is 0 Å². The van der Waals surface area contributed by atoms with Crippen molar-refractivity contribution in [2.45, 2.75) is 56.0 Å². The molecule has 0 saturated carbocycles. The van der Waals surface area contributed by atoms with Crippen LogP contribution in [0.2, 0.25) is 0 Å². The fourth-order valence-electron chi connectivity index (χ4n) is 3.51. The number of amides is 1. The van der Waals surface area contributed by atoms with Gasteiger partial charge in [-0.25, -0.2) is 18.4 Å². The third kappa shape index (κ3) is 7.03. The Labute approximate surface area is 212 Å². The van der Waals surface area contributed by atoms with E-state index in [9.17, 15) is 53.7 Å². The molecule has 1 aromatic rings. The van der Waals surface area contributed by atoms with Gasteiger partial charge >= 0.3 is 21.3 Å². The van der Waals surface area contributed by atoms with Crippen LogP contribution in [0.25, 0.3) is 0 Å². The largest absolute Gasteiger partial charge is 0.484 e. The Morgan fingerprint density at radius 3 is 2.42 bits per heavy atom. The first-order valence-corrected chi connectivity index (χ1v) is 13.5. The first-order chi connectivity index (χ1) is 17.5. The Bertz CT molecular complexity index is 1270. The Morgan fingerprint density at radius 1 is 1.16 bits per heavy atom. The number of H-pyrrole nitrogens is 1. The van der Waals surface area contributed by atoms with Crippen LogP contribution in [-0.2, 0) is 36.8 Å². The fraction of sp³-hybridized carbons (Fsp3) is 0.588. The number of aliphatic hydroxyl groups is 4. The van der Waals surface area contributed by atoms with Crippen LogP contribution in [-0.4, -0.2) is 95.1 Å². The molecule has 1 aromatic heterocycles. The third-order valence-corrected chi connectivity index (χ3v) is 7.86. The minimum Gasteiger partial charge on any atom is -0.464 e. The molecule has 2 aliphatic rings. The smallest absolute Gasteiger partial charge is 0.464 e. The van der Waals surface area contributed by atoms with Gasteiger partial charge in [-0.05, 0) is 0 Å². The lowest BCUT2D eigenvalue weighted by Crippen LogP contribution is -2.59. The van der Waals surface area contributed by atoms with Crippen LogP contribution in [0.5, 0.6) is 0 Å². The molecule has 3 rings (SSSR count). The average molecular weight is 589 g/mol. The van der Waals surface area contributed by atoms with E-state index < -0.39 is 94.2 Å². The molecule has 3 heterocycles. The van der Waals surface area contributed by atoms with Crippen molar-refractivity contribution in [1.82, 2.24) is 14.9 Å². The summed E-state index contributed by atoms with van der Waals surface area (Å²) in [6.45, 7) is 3.27. The average Bonchev–Trinajstić information content (AvgIpc) is 3.06. The van der Waals surface area contributed by atoms with Crippen LogP contribution in [0.15, 0.2) is 34.2 Å². The number of phosphoric ester groups is 2. The summed E-state index contributed by atoms with van der Waals surface area (Å²) in [6, 6.07) is -0.711. The number of rotatable bonds is 9. The van der Waals surface area contributed by atoms with Crippen molar-refractivity contribution in [2.24, 2.45) is 0 Å². The minimum atomic E-state index is -5.58. The predicted octanol–water partition coefficient (Wildman–Crippen LogP) is -3.50. The van der Waals surface area contributed by atoms with Gasteiger partial charge in [0.05, 0.1) is 6.61 Å². The molecule has 2 saturated heterocycles. The number of carbonyl (C=O) groups excluding carboxylic acids is 1. The summed E-state index contributed by atoms with van der Waals surface area (Å²) in [5, 5.41) is 42.4. The molecule has 2 aliphatic heterocycles. The quantitative estimate of drug-likeness (QED) is 0.130. The number of hydrogen-bond donors (Lipinski definition) is 8. The molecule has 2 fully saturated rings. The van der Waals surface area contributed by atoms with Crippen LogP contribution in [0.3, 0.4) is 0 Å². The van der Waals surface area contributed by atoms with Crippen molar-refractivity contribution in [3.8, 4) is 0 Å². The van der Waals surface area contributed by atoms with E-state index in [1.807, 2.05) is 4.98 Å². The monoisotopic (exact) mass is 589 g/mol. The standard InChI is InChI=1S/C17H25N3O16P2/c1-6-11(23)13(25)10(18-7(2)21)16(33-6)35-38(30,31)36-37(28,29)32-5-8-12(24)14(26)15(34-8)20-4-3-9(22)19-17(20)27/h3-4,8,10-16,23-26H,1,5H2,2H3,(H,18,21)(H,28,29)(H,30,31)(H,19,22,27)/t8-,10-,11+,12-,13-,14-,15-,16-/m1/s1. The Kier molecular flexibility index (Phi) is 9.14. The summed E-state index contributed by atoms with van der Waals surface area (Å²) in [4.78, 5) is 56.3. The molecule has 2 unspecified atom stereocenters. The van der Waals surface area contributed by atoms with E-state index >= 15 is 0 Å². The zero-order valence-electron chi connectivity index (χ0n) is 19.3. The van der Waals surface area contributed by atoms with Crippen LogP contribution < -0.4 is 16.6 Å². The highest BCUT2D eigenvalue weighted by molar-refractivity contribution is 7.61. The number of phosphoric acid groups is 2. The molecule has 0 spiro atoms. The number of ether oxygens (including phenoxy) is 2. The highest BCUT2D eigenvalue weighted by Crippen LogP contribution is 2.61. The number of aromatic amines is 1. The van der Waals surface area contributed by atoms with E-state index in [2.05, 4.69) is 25.3 Å². The normalized spacial score (nSPS) is 34.7. The molecule has 19 nitrogen and oxygen atoms in total. The number of nitrogens with one attached hydrogen (secondary N) is 2. The molecule has 10 atom stereocenters. The van der Waals surface area contributed by atoms with Crippen molar-refractivity contribution < 1.29 is 67.0 Å². The molecule has 0 radical (unpaired) electrons. The number of aliphatic hydroxyl groups excluding tert-OH is 4. The zero-order chi connectivity index (χ0) is 28.6. The fourth-order valence-corrected chi connectivity index (χ4v) is 5.67. The second-order valence-electron chi connectivity index (χ2n) is 8.10. The van der Waals surface area contributed by atoms with Crippen LogP contribution in [0.4, 0.5) is 0 Å². The number of nitrogens with zero attached hydrogens (tertiary/aromatic N) is 1. The molecule has 214 valence electrons. The van der Waals surface area contributed by atoms with Gasteiger partial charge in [-0.3, -0.25) is 23.7 Å². The second kappa shape index (κ2) is 11.5. The minimum absolute atomic E-state index is 0.519. The molecule has 38 heavy (non-hydrogen) atoms. The lowest BCUT2D eigenvalue weighted by Gasteiger charge is -2.39. The van der Waals surface area contributed by atoms with Gasteiger partial charge in [-0.1, -0.05) is 6.58 Å². The Hall–Kier alpha value is -2.25. The molecular formula is C17H25N3O16P2. The maximum atomic E-state index is 12.4. The van der Waals surface area contributed by atoms with Gasteiger partial charge in [0.2, 0.25) is 12.2 Å². The van der Waals surface area contributed by atoms with Gasteiger partial charge < -0.3 is 45.0 Å². The maximum Gasteiger partial charge on any atom is 0.484 e. The van der Waals surface area contributed by atoms with Crippen molar-refractivity contribution in [3.63, 3.8) is 0 Å². The lowest BCUT2D eigenvalue weighted by molar-refractivity contribution is -0.174. The topological polar surface area (TPSA) is 286 Å². The molecule has 1 amide bonds. The Morgan fingerprint density at radius 2 is 1.82 bits per heavy atom. The first-order valence-electron chi connectivity index (χ1n) is 10.5. The van der Waals surface area contributed by atoms with E-state index in [-0.39, 0.29) is 0 Å². The first kappa shape index (κ1) is 30.3. The maximum absolute atomic E-state index is 12.4. The SMILES string of the molecule is C=C1O[C@H](OP(=O)(O)OP(=O)(O)OC[C@H]2O[C@@H](n3ccc(=O)[nH]c3=O)[C@H](O)[C@@H]2O)[C@H](NC(C)=O)[C@@H](O)[C@H]1O. The molecule has 0 aromatic carbocycles. The van der Waals surface area contributed by atoms with Gasteiger partial charge in [0.1, 0.15) is 42.3 Å². The van der Waals surface area contributed by atoms with Crippen molar-refractivity contribution in [3.05, 3.63) is 45.4 Å². The summed E-state index contributed by atoms with van der Waals surface area (Å²) >= 11 is 0. The predicted molar refractivity (Wildman–Crippen MR) is 119 cm³/mol. The van der Waals surface area contributed by atoms with Crippen LogP contribution in [0.1, 0.15) is 13.2 Å². The summed E-state index contributed by atoms with van der Waals surface area (Å²) < 4.78 is 49.0. The van der Waals surface area contributed by atoms with Crippen molar-refractivity contribution >= 4 is 21.6 Å². The van der Waals surface area contributed by atoms with Gasteiger partial charge in [-0.2, -0.15) is 4.31 Å².